The lowest BCUT2D eigenvalue weighted by molar-refractivity contribution is -0.137. The summed E-state index contributed by atoms with van der Waals surface area (Å²) in [4.78, 5) is 108. The van der Waals surface area contributed by atoms with Crippen LogP contribution in [0.3, 0.4) is 0 Å². The molecule has 0 radical (unpaired) electrons. The van der Waals surface area contributed by atoms with Crippen molar-refractivity contribution in [1.82, 2.24) is 25.8 Å². The number of benzene rings is 3. The zero-order valence-electron chi connectivity index (χ0n) is 44.3. The Morgan fingerprint density at radius 3 is 2.23 bits per heavy atom. The third-order valence-corrected chi connectivity index (χ3v) is 15.5. The number of halogens is 2. The maximum Gasteiger partial charge on any atom is 0.312 e. The molecule has 3 aliphatic heterocycles. The molecule has 7 N–H and O–H groups in total. The van der Waals surface area contributed by atoms with E-state index in [0.29, 0.717) is 79.5 Å². The van der Waals surface area contributed by atoms with Crippen molar-refractivity contribution in [2.45, 2.75) is 96.6 Å². The molecule has 8 rings (SSSR count). The van der Waals surface area contributed by atoms with Crippen LogP contribution in [-0.2, 0) is 40.2 Å². The van der Waals surface area contributed by atoms with Gasteiger partial charge >= 0.3 is 6.03 Å². The minimum Gasteiger partial charge on any atom is -0.512 e. The predicted octanol–water partition coefficient (Wildman–Crippen LogP) is 7.93. The standard InChI is InChI=1S/C59H66Cl2N8O10/c1-35(2)56(66-49(71)17-4-3-9-27-67-52(74)24-25-53(67)75)58(77)65-44(16-11-26-63-59(62)78)57(76)64-39-22-20-36(21-23-39)34-79-48-29-46-55(43-15-8-6-13-41(43)48)38(31-61)33-69(46)51(73)19-10-18-50(72)68-32-37(30-60)54-42-14-7-5-12-40(42)47(70)28-45(54)68/h5-8,13-15,20-25,28-29,37-38,40,44,70H,3-4,9-12,16-19,26-27,30-34H2,1-2H3,(H,64,76)(H,65,77)(H,66,71)(H3,62,63,78)/t37?,38?,40?,44-/m0/s1. The van der Waals surface area contributed by atoms with Crippen molar-refractivity contribution in [2.75, 3.05) is 48.2 Å². The third kappa shape index (κ3) is 13.6. The number of carbonyl (C=O) groups excluding carboxylic acids is 8. The first-order valence-corrected chi connectivity index (χ1v) is 27.8. The van der Waals surface area contributed by atoms with Gasteiger partial charge < -0.3 is 46.6 Å². The van der Waals surface area contributed by atoms with Gasteiger partial charge in [-0.3, -0.25) is 38.5 Å². The van der Waals surface area contributed by atoms with Crippen LogP contribution in [0.15, 0.2) is 125 Å². The van der Waals surface area contributed by atoms with Gasteiger partial charge in [-0.05, 0) is 97.7 Å². The quantitative estimate of drug-likeness (QED) is 0.0219. The fourth-order valence-corrected chi connectivity index (χ4v) is 11.2. The Morgan fingerprint density at radius 2 is 1.53 bits per heavy atom. The second-order valence-electron chi connectivity index (χ2n) is 20.5. The van der Waals surface area contributed by atoms with E-state index in [1.807, 2.05) is 48.6 Å². The normalized spacial score (nSPS) is 18.4. The number of primary amides is 1. The summed E-state index contributed by atoms with van der Waals surface area (Å²) in [7, 11) is 0. The highest BCUT2D eigenvalue weighted by atomic mass is 35.5. The van der Waals surface area contributed by atoms with Crippen LogP contribution in [0.25, 0.3) is 10.8 Å². The number of hydrogen-bond acceptors (Lipinski definition) is 10. The summed E-state index contributed by atoms with van der Waals surface area (Å²) in [6.45, 7) is 4.62. The molecule has 0 saturated carbocycles. The summed E-state index contributed by atoms with van der Waals surface area (Å²) < 4.78 is 6.50. The summed E-state index contributed by atoms with van der Waals surface area (Å²) >= 11 is 13.0. The van der Waals surface area contributed by atoms with E-state index < -0.39 is 29.8 Å². The maximum atomic E-state index is 14.1. The average Bonchev–Trinajstić information content (AvgIpc) is 4.35. The van der Waals surface area contributed by atoms with Gasteiger partial charge in [-0.15, -0.1) is 23.2 Å². The van der Waals surface area contributed by atoms with Gasteiger partial charge in [0.05, 0.1) is 11.4 Å². The van der Waals surface area contributed by atoms with E-state index in [1.165, 1.54) is 12.2 Å². The number of nitrogens with zero attached hydrogens (tertiary/aromatic N) is 3. The molecule has 3 aromatic carbocycles. The first-order chi connectivity index (χ1) is 38.1. The zero-order chi connectivity index (χ0) is 56.3. The minimum absolute atomic E-state index is 0.00942. The molecule has 2 aliphatic carbocycles. The number of carbonyl (C=O) groups is 8. The van der Waals surface area contributed by atoms with Gasteiger partial charge in [0.1, 0.15) is 29.9 Å². The van der Waals surface area contributed by atoms with Crippen LogP contribution < -0.4 is 36.6 Å². The number of allylic oxidation sites excluding steroid dienone is 6. The highest BCUT2D eigenvalue weighted by Crippen LogP contribution is 2.48. The number of nitrogens with one attached hydrogen (secondary N) is 4. The second kappa shape index (κ2) is 26.3. The molecule has 3 aromatic rings. The summed E-state index contributed by atoms with van der Waals surface area (Å²) in [6, 6.07) is 14.8. The SMILES string of the molecule is CC(C)=C(NC(=O)CCCCCN1C(=O)C=CC1=O)C(=O)N[C@@H](CCCNC(N)=O)C(=O)Nc1ccc(COc2cc3c(c4ccccc24)C(CCl)CN3C(=O)CCCC(=O)N2CC(CCl)C3=C2C=C(O)C2CC=CC=C32)cc1. The second-order valence-corrected chi connectivity index (χ2v) is 21.1. The van der Waals surface area contributed by atoms with Crippen LogP contribution in [0.1, 0.15) is 95.1 Å². The topological polar surface area (TPSA) is 250 Å². The average molecular weight is 1120 g/mol. The smallest absolute Gasteiger partial charge is 0.312 e. The summed E-state index contributed by atoms with van der Waals surface area (Å²) in [5.74, 6) is -1.57. The van der Waals surface area contributed by atoms with Crippen LogP contribution >= 0.6 is 23.2 Å². The van der Waals surface area contributed by atoms with Crippen LogP contribution in [-0.4, -0.2) is 106 Å². The van der Waals surface area contributed by atoms with E-state index >= 15 is 0 Å². The van der Waals surface area contributed by atoms with Crippen molar-refractivity contribution in [3.05, 3.63) is 136 Å². The molecule has 79 heavy (non-hydrogen) atoms. The predicted molar refractivity (Wildman–Crippen MR) is 302 cm³/mol. The molecular formula is C59H66Cl2N8O10. The van der Waals surface area contributed by atoms with Crippen molar-refractivity contribution >= 4 is 92.7 Å². The highest BCUT2D eigenvalue weighted by Gasteiger charge is 2.41. The Morgan fingerprint density at radius 1 is 0.835 bits per heavy atom. The fourth-order valence-electron chi connectivity index (χ4n) is 10.7. The summed E-state index contributed by atoms with van der Waals surface area (Å²) in [5, 5.41) is 23.5. The first kappa shape index (κ1) is 57.5. The lowest BCUT2D eigenvalue weighted by Gasteiger charge is -2.29. The number of amides is 9. The molecule has 20 heteroatoms. The molecule has 9 amide bonds. The number of imide groups is 1. The molecule has 0 spiro atoms. The Labute approximate surface area is 468 Å². The van der Waals surface area contributed by atoms with Gasteiger partial charge in [-0.25, -0.2) is 4.79 Å². The molecule has 0 aromatic heterocycles. The van der Waals surface area contributed by atoms with Gasteiger partial charge in [0, 0.05) is 110 Å². The Bertz CT molecular complexity index is 3090. The third-order valence-electron chi connectivity index (χ3n) is 14.8. The number of urea groups is 1. The first-order valence-electron chi connectivity index (χ1n) is 26.7. The van der Waals surface area contributed by atoms with Crippen molar-refractivity contribution in [2.24, 2.45) is 17.6 Å². The van der Waals surface area contributed by atoms with E-state index in [4.69, 9.17) is 33.7 Å². The molecule has 416 valence electrons. The number of rotatable bonds is 24. The number of aliphatic hydroxyl groups is 1. The Hall–Kier alpha value is -7.70. The molecule has 0 saturated heterocycles. The minimum atomic E-state index is -1.08. The zero-order valence-corrected chi connectivity index (χ0v) is 45.8. The fraction of sp³-hybridized carbons (Fsp3) is 0.390. The van der Waals surface area contributed by atoms with Crippen LogP contribution in [0.5, 0.6) is 5.75 Å². The van der Waals surface area contributed by atoms with E-state index in [1.54, 1.807) is 54.0 Å². The Balaban J connectivity index is 0.877. The molecular weight excluding hydrogens is 1050 g/mol. The number of hydrogen-bond donors (Lipinski definition) is 6. The lowest BCUT2D eigenvalue weighted by Crippen LogP contribution is -2.47. The number of aliphatic hydroxyl groups excluding tert-OH is 1. The van der Waals surface area contributed by atoms with Gasteiger partial charge in [-0.2, -0.15) is 0 Å². The molecule has 3 heterocycles. The van der Waals surface area contributed by atoms with Crippen molar-refractivity contribution in [3.63, 3.8) is 0 Å². The number of ether oxygens (including phenoxy) is 1. The number of nitrogens with two attached hydrogens (primary N) is 1. The number of unbranched alkanes of at least 4 members (excludes halogenated alkanes) is 2. The van der Waals surface area contributed by atoms with Crippen LogP contribution in [0, 0.1) is 11.8 Å². The lowest BCUT2D eigenvalue weighted by atomic mass is 9.78. The maximum absolute atomic E-state index is 14.1. The summed E-state index contributed by atoms with van der Waals surface area (Å²) in [5.41, 5.74) is 11.3. The van der Waals surface area contributed by atoms with Gasteiger partial charge in [0.2, 0.25) is 23.6 Å². The van der Waals surface area contributed by atoms with Crippen LogP contribution in [0.2, 0.25) is 0 Å². The molecule has 4 atom stereocenters. The monoisotopic (exact) mass is 1120 g/mol. The van der Waals surface area contributed by atoms with Crippen molar-refractivity contribution < 1.29 is 48.2 Å². The van der Waals surface area contributed by atoms with Crippen molar-refractivity contribution in [1.29, 1.82) is 0 Å². The van der Waals surface area contributed by atoms with E-state index in [2.05, 4.69) is 21.3 Å². The van der Waals surface area contributed by atoms with E-state index in [9.17, 15) is 43.5 Å². The molecule has 5 aliphatic rings. The molecule has 0 bridgehead atoms. The van der Waals surface area contributed by atoms with Gasteiger partial charge in [0.15, 0.2) is 0 Å². The molecule has 3 unspecified atom stereocenters. The number of fused-ring (bicyclic) bond motifs is 5. The summed E-state index contributed by atoms with van der Waals surface area (Å²) in [6.07, 6.45) is 13.4. The number of anilines is 2. The largest absolute Gasteiger partial charge is 0.512 e. The molecule has 18 nitrogen and oxygen atoms in total. The van der Waals surface area contributed by atoms with Crippen molar-refractivity contribution in [3.8, 4) is 5.75 Å². The number of alkyl halides is 2. The van der Waals surface area contributed by atoms with Crippen LogP contribution in [0.4, 0.5) is 16.2 Å². The Kier molecular flexibility index (Phi) is 19.1. The molecule has 0 fully saturated rings. The van der Waals surface area contributed by atoms with E-state index in [-0.39, 0.29) is 111 Å². The van der Waals surface area contributed by atoms with Gasteiger partial charge in [-0.1, -0.05) is 61.0 Å². The van der Waals surface area contributed by atoms with E-state index in [0.717, 1.165) is 37.9 Å². The van der Waals surface area contributed by atoms with Gasteiger partial charge in [0.25, 0.3) is 17.7 Å². The highest BCUT2D eigenvalue weighted by molar-refractivity contribution is 6.19.